The molecule has 0 saturated carbocycles. The Labute approximate surface area is 84.9 Å². The van der Waals surface area contributed by atoms with Crippen LogP contribution in [0.1, 0.15) is 25.5 Å². The molecule has 1 unspecified atom stereocenters. The molecule has 1 atom stereocenters. The second-order valence-electron chi connectivity index (χ2n) is 3.22. The quantitative estimate of drug-likeness (QED) is 0.736. The largest absolute Gasteiger partial charge is 0.365 e. The molecule has 0 aromatic carbocycles. The first kappa shape index (κ1) is 10.5. The van der Waals surface area contributed by atoms with Gasteiger partial charge < -0.3 is 5.32 Å². The van der Waals surface area contributed by atoms with Crippen molar-refractivity contribution in [2.24, 2.45) is 0 Å². The summed E-state index contributed by atoms with van der Waals surface area (Å²) in [5.74, 6) is 3.43. The molecular weight excluding hydrogens is 174 g/mol. The van der Waals surface area contributed by atoms with E-state index in [4.69, 9.17) is 6.42 Å². The van der Waals surface area contributed by atoms with Crippen molar-refractivity contribution in [3.63, 3.8) is 0 Å². The van der Waals surface area contributed by atoms with Gasteiger partial charge in [-0.2, -0.15) is 5.10 Å². The predicted octanol–water partition coefficient (Wildman–Crippen LogP) is 2.00. The number of anilines is 1. The summed E-state index contributed by atoms with van der Waals surface area (Å²) < 4.78 is 0. The van der Waals surface area contributed by atoms with Gasteiger partial charge in [-0.15, -0.1) is 17.4 Å². The summed E-state index contributed by atoms with van der Waals surface area (Å²) in [6.07, 6.45) is 6.96. The van der Waals surface area contributed by atoms with Crippen molar-refractivity contribution < 1.29 is 0 Å². The van der Waals surface area contributed by atoms with Gasteiger partial charge in [0.2, 0.25) is 0 Å². The standard InChI is InChI=1S/C11H15N3/c1-4-6-10(5-2)12-11-8-7-9(3)13-14-11/h1,7-8,10H,5-6H2,2-3H3,(H,12,14). The van der Waals surface area contributed by atoms with Gasteiger partial charge in [0.05, 0.1) is 5.69 Å². The number of hydrogen-bond acceptors (Lipinski definition) is 3. The zero-order chi connectivity index (χ0) is 10.4. The Morgan fingerprint density at radius 1 is 1.50 bits per heavy atom. The van der Waals surface area contributed by atoms with Crippen molar-refractivity contribution in [1.82, 2.24) is 10.2 Å². The van der Waals surface area contributed by atoms with Gasteiger partial charge in [-0.1, -0.05) is 6.92 Å². The lowest BCUT2D eigenvalue weighted by Crippen LogP contribution is -2.18. The fourth-order valence-corrected chi connectivity index (χ4v) is 1.12. The van der Waals surface area contributed by atoms with E-state index in [-0.39, 0.29) is 6.04 Å². The SMILES string of the molecule is C#CCC(CC)Nc1ccc(C)nn1. The monoisotopic (exact) mass is 189 g/mol. The molecule has 0 spiro atoms. The number of hydrogen-bond donors (Lipinski definition) is 1. The van der Waals surface area contributed by atoms with E-state index in [0.29, 0.717) is 6.42 Å². The van der Waals surface area contributed by atoms with E-state index in [1.54, 1.807) is 0 Å². The van der Waals surface area contributed by atoms with Crippen LogP contribution in [0.4, 0.5) is 5.82 Å². The number of rotatable bonds is 4. The second kappa shape index (κ2) is 5.23. The van der Waals surface area contributed by atoms with Gasteiger partial charge in [0.15, 0.2) is 0 Å². The fraction of sp³-hybridized carbons (Fsp3) is 0.455. The van der Waals surface area contributed by atoms with Gasteiger partial charge in [-0.25, -0.2) is 0 Å². The van der Waals surface area contributed by atoms with Crippen molar-refractivity contribution in [3.05, 3.63) is 17.8 Å². The molecule has 1 rings (SSSR count). The van der Waals surface area contributed by atoms with Gasteiger partial charge in [0.1, 0.15) is 5.82 Å². The normalized spacial score (nSPS) is 11.8. The Hall–Kier alpha value is -1.56. The maximum Gasteiger partial charge on any atom is 0.148 e. The molecule has 3 heteroatoms. The zero-order valence-electron chi connectivity index (χ0n) is 8.62. The Balaban J connectivity index is 2.59. The lowest BCUT2D eigenvalue weighted by molar-refractivity contribution is 0.708. The minimum atomic E-state index is 0.289. The molecule has 0 amide bonds. The number of aromatic nitrogens is 2. The fourth-order valence-electron chi connectivity index (χ4n) is 1.12. The molecule has 14 heavy (non-hydrogen) atoms. The van der Waals surface area contributed by atoms with E-state index >= 15 is 0 Å². The van der Waals surface area contributed by atoms with E-state index in [2.05, 4.69) is 28.4 Å². The van der Waals surface area contributed by atoms with Crippen LogP contribution in [0.5, 0.6) is 0 Å². The number of terminal acetylenes is 1. The Morgan fingerprint density at radius 3 is 2.79 bits per heavy atom. The molecule has 1 N–H and O–H groups in total. The molecule has 0 saturated heterocycles. The van der Waals surface area contributed by atoms with Crippen molar-refractivity contribution in [1.29, 1.82) is 0 Å². The molecule has 3 nitrogen and oxygen atoms in total. The summed E-state index contributed by atoms with van der Waals surface area (Å²) in [4.78, 5) is 0. The number of nitrogens with zero attached hydrogens (tertiary/aromatic N) is 2. The average Bonchev–Trinajstić information content (AvgIpc) is 2.20. The van der Waals surface area contributed by atoms with Gasteiger partial charge in [-0.3, -0.25) is 0 Å². The molecule has 0 bridgehead atoms. The summed E-state index contributed by atoms with van der Waals surface area (Å²) in [6, 6.07) is 4.14. The van der Waals surface area contributed by atoms with Gasteiger partial charge in [-0.05, 0) is 25.5 Å². The van der Waals surface area contributed by atoms with Gasteiger partial charge in [0.25, 0.3) is 0 Å². The Morgan fingerprint density at radius 2 is 2.29 bits per heavy atom. The van der Waals surface area contributed by atoms with Crippen LogP contribution in [-0.4, -0.2) is 16.2 Å². The highest BCUT2D eigenvalue weighted by atomic mass is 15.2. The van der Waals surface area contributed by atoms with E-state index in [0.717, 1.165) is 17.9 Å². The summed E-state index contributed by atoms with van der Waals surface area (Å²) in [7, 11) is 0. The van der Waals surface area contributed by atoms with Crippen LogP contribution < -0.4 is 5.32 Å². The highest BCUT2D eigenvalue weighted by Crippen LogP contribution is 2.07. The first-order chi connectivity index (χ1) is 6.76. The molecule has 1 aromatic rings. The average molecular weight is 189 g/mol. The van der Waals surface area contributed by atoms with Crippen LogP contribution >= 0.6 is 0 Å². The minimum Gasteiger partial charge on any atom is -0.365 e. The third-order valence-corrected chi connectivity index (χ3v) is 2.01. The van der Waals surface area contributed by atoms with E-state index in [1.165, 1.54) is 0 Å². The van der Waals surface area contributed by atoms with Gasteiger partial charge >= 0.3 is 0 Å². The second-order valence-corrected chi connectivity index (χ2v) is 3.22. The Kier molecular flexibility index (Phi) is 3.93. The van der Waals surface area contributed by atoms with Crippen molar-refractivity contribution >= 4 is 5.82 Å². The summed E-state index contributed by atoms with van der Waals surface area (Å²) in [5.41, 5.74) is 0.917. The van der Waals surface area contributed by atoms with Crippen LogP contribution in [0.3, 0.4) is 0 Å². The highest BCUT2D eigenvalue weighted by molar-refractivity contribution is 5.34. The highest BCUT2D eigenvalue weighted by Gasteiger charge is 2.04. The lowest BCUT2D eigenvalue weighted by atomic mass is 10.1. The van der Waals surface area contributed by atoms with Crippen LogP contribution in [0.2, 0.25) is 0 Å². The molecule has 74 valence electrons. The minimum absolute atomic E-state index is 0.289. The Bertz CT molecular complexity index is 310. The molecule has 0 aliphatic rings. The van der Waals surface area contributed by atoms with E-state index in [9.17, 15) is 0 Å². The third-order valence-electron chi connectivity index (χ3n) is 2.01. The van der Waals surface area contributed by atoms with Crippen molar-refractivity contribution in [3.8, 4) is 12.3 Å². The van der Waals surface area contributed by atoms with Crippen LogP contribution in [0, 0.1) is 19.3 Å². The smallest absolute Gasteiger partial charge is 0.148 e. The predicted molar refractivity (Wildman–Crippen MR) is 57.9 cm³/mol. The van der Waals surface area contributed by atoms with Crippen molar-refractivity contribution in [2.75, 3.05) is 5.32 Å². The summed E-state index contributed by atoms with van der Waals surface area (Å²) >= 11 is 0. The molecule has 0 aliphatic carbocycles. The lowest BCUT2D eigenvalue weighted by Gasteiger charge is -2.13. The van der Waals surface area contributed by atoms with E-state index in [1.807, 2.05) is 19.1 Å². The molecule has 0 aliphatic heterocycles. The maximum atomic E-state index is 5.26. The van der Waals surface area contributed by atoms with Crippen LogP contribution in [0.25, 0.3) is 0 Å². The molecule has 1 aromatic heterocycles. The van der Waals surface area contributed by atoms with E-state index < -0.39 is 0 Å². The third kappa shape index (κ3) is 3.06. The van der Waals surface area contributed by atoms with Crippen LogP contribution in [-0.2, 0) is 0 Å². The molecule has 1 heterocycles. The van der Waals surface area contributed by atoms with Crippen LogP contribution in [0.15, 0.2) is 12.1 Å². The first-order valence-corrected chi connectivity index (χ1v) is 4.76. The molecular formula is C11H15N3. The zero-order valence-corrected chi connectivity index (χ0v) is 8.62. The summed E-state index contributed by atoms with van der Waals surface area (Å²) in [6.45, 7) is 4.01. The molecule has 0 radical (unpaired) electrons. The maximum absolute atomic E-state index is 5.26. The molecule has 0 fully saturated rings. The van der Waals surface area contributed by atoms with Gasteiger partial charge in [0, 0.05) is 12.5 Å². The number of nitrogens with one attached hydrogen (secondary N) is 1. The van der Waals surface area contributed by atoms with Crippen molar-refractivity contribution in [2.45, 2.75) is 32.7 Å². The first-order valence-electron chi connectivity index (χ1n) is 4.76. The topological polar surface area (TPSA) is 37.8 Å². The number of aryl methyl sites for hydroxylation is 1. The summed E-state index contributed by atoms with van der Waals surface area (Å²) in [5, 5.41) is 11.2.